The van der Waals surface area contributed by atoms with Crippen LogP contribution in [0, 0.1) is 5.92 Å². The van der Waals surface area contributed by atoms with Crippen molar-refractivity contribution < 1.29 is 45.2 Å². The van der Waals surface area contributed by atoms with Gasteiger partial charge >= 0.3 is 0 Å². The largest absolute Gasteiger partial charge is 0.456 e. The van der Waals surface area contributed by atoms with Crippen LogP contribution in [0.1, 0.15) is 12.8 Å². The summed E-state index contributed by atoms with van der Waals surface area (Å²) in [5.41, 5.74) is 4.54. The second-order valence-corrected chi connectivity index (χ2v) is 17.5. The van der Waals surface area contributed by atoms with Crippen LogP contribution in [0.15, 0.2) is 128 Å². The SMILES string of the molecule is CNC(=O)C1CCN(S(=O)(=O)c2ccccc2-c2c3cc/c(=[N+](/C)c4ccc(S(=O)(=O)O)cc4)cc-3oc3cc(N(C)c4ccc(SOOO)cc4)ccc23)CC1. The summed E-state index contributed by atoms with van der Waals surface area (Å²) >= 11 is 0.851. The Morgan fingerprint density at radius 1 is 0.895 bits per heavy atom. The van der Waals surface area contributed by atoms with Gasteiger partial charge in [0.15, 0.2) is 0 Å². The molecule has 7 rings (SSSR count). The van der Waals surface area contributed by atoms with Crippen LogP contribution in [0.2, 0.25) is 0 Å². The number of piperidine rings is 1. The molecule has 57 heavy (non-hydrogen) atoms. The number of benzene rings is 5. The van der Waals surface area contributed by atoms with Crippen molar-refractivity contribution in [3.05, 3.63) is 115 Å². The number of nitrogens with one attached hydrogen (secondary N) is 1. The maximum atomic E-state index is 14.5. The van der Waals surface area contributed by atoms with Crippen molar-refractivity contribution >= 4 is 66.1 Å². The average Bonchev–Trinajstić information content (AvgIpc) is 3.23. The highest BCUT2D eigenvalue weighted by Crippen LogP contribution is 2.44. The van der Waals surface area contributed by atoms with Crippen LogP contribution in [0.25, 0.3) is 33.4 Å². The maximum Gasteiger partial charge on any atom is 0.294 e. The minimum atomic E-state index is -4.37. The fourth-order valence-corrected chi connectivity index (χ4v) is 9.60. The van der Waals surface area contributed by atoms with Crippen LogP contribution >= 0.6 is 12.0 Å². The third kappa shape index (κ3) is 8.19. The van der Waals surface area contributed by atoms with Gasteiger partial charge in [-0.05, 0) is 73.5 Å². The molecule has 4 aromatic rings. The van der Waals surface area contributed by atoms with E-state index < -0.39 is 20.1 Å². The van der Waals surface area contributed by atoms with Crippen molar-refractivity contribution in [2.75, 3.05) is 39.1 Å². The van der Waals surface area contributed by atoms with Gasteiger partial charge in [-0.1, -0.05) is 23.2 Å². The zero-order valence-corrected chi connectivity index (χ0v) is 33.5. The Hall–Kier alpha value is -5.11. The van der Waals surface area contributed by atoms with E-state index in [9.17, 15) is 26.2 Å². The highest BCUT2D eigenvalue weighted by molar-refractivity contribution is 7.94. The van der Waals surface area contributed by atoms with Gasteiger partial charge in [0.1, 0.15) is 18.4 Å². The van der Waals surface area contributed by atoms with Crippen molar-refractivity contribution in [2.24, 2.45) is 5.92 Å². The molecule has 296 valence electrons. The molecule has 0 saturated carbocycles. The molecule has 0 radical (unpaired) electrons. The Morgan fingerprint density at radius 3 is 2.25 bits per heavy atom. The summed E-state index contributed by atoms with van der Waals surface area (Å²) in [6, 6.07) is 31.3. The highest BCUT2D eigenvalue weighted by atomic mass is 32.2. The zero-order chi connectivity index (χ0) is 40.5. The molecule has 0 aromatic heterocycles. The summed E-state index contributed by atoms with van der Waals surface area (Å²) in [5.74, 6) is 0.108. The number of sulfonamides is 1. The monoisotopic (exact) mass is 831 g/mol. The topological polar surface area (TPSA) is 179 Å². The molecule has 3 N–H and O–H groups in total. The molecule has 1 amide bonds. The predicted molar refractivity (Wildman–Crippen MR) is 216 cm³/mol. The van der Waals surface area contributed by atoms with Gasteiger partial charge in [-0.25, -0.2) is 13.7 Å². The van der Waals surface area contributed by atoms with E-state index in [2.05, 4.69) is 14.7 Å². The van der Waals surface area contributed by atoms with Crippen LogP contribution in [-0.4, -0.2) is 71.1 Å². The van der Waals surface area contributed by atoms with Gasteiger partial charge in [0, 0.05) is 95.7 Å². The lowest BCUT2D eigenvalue weighted by Gasteiger charge is -2.31. The van der Waals surface area contributed by atoms with Crippen molar-refractivity contribution in [2.45, 2.75) is 27.5 Å². The molecular formula is C40H39N4O10S3+. The molecule has 2 heterocycles. The van der Waals surface area contributed by atoms with Crippen molar-refractivity contribution in [1.82, 2.24) is 14.2 Å². The molecule has 0 atom stereocenters. The standard InChI is InChI=1S/C40H38N4O10S3/c1-41-40(45)26-20-22-44(23-21-26)56(47,48)38-7-5-4-6-35(38)39-33-18-12-29(42(2)27-8-14-31(15-9-27)55-54-53-46)24-36(33)52-37-25-30(13-19-34(37)39)43(3)28-10-16-32(17-11-28)57(49,50)51/h4-19,24-26H,20-23H2,1-3H3,(H2-,41,45,46,49,50,51)/p+1. The van der Waals surface area contributed by atoms with Gasteiger partial charge in [-0.15, -0.1) is 4.33 Å². The zero-order valence-electron chi connectivity index (χ0n) is 31.0. The van der Waals surface area contributed by atoms with Crippen LogP contribution in [0.3, 0.4) is 0 Å². The van der Waals surface area contributed by atoms with Crippen molar-refractivity contribution in [1.29, 1.82) is 0 Å². The van der Waals surface area contributed by atoms with Gasteiger partial charge in [-0.2, -0.15) is 17.3 Å². The fourth-order valence-electron chi connectivity index (χ4n) is 7.09. The van der Waals surface area contributed by atoms with Gasteiger partial charge in [0.25, 0.3) is 10.1 Å². The van der Waals surface area contributed by atoms with E-state index in [4.69, 9.17) is 9.67 Å². The van der Waals surface area contributed by atoms with Gasteiger partial charge < -0.3 is 14.6 Å². The Kier molecular flexibility index (Phi) is 11.5. The maximum absolute atomic E-state index is 14.5. The average molecular weight is 832 g/mol. The van der Waals surface area contributed by atoms with Crippen molar-refractivity contribution in [3.63, 3.8) is 0 Å². The normalized spacial score (nSPS) is 14.8. The molecule has 2 aliphatic heterocycles. The molecule has 1 aliphatic carbocycles. The number of amides is 1. The molecule has 1 saturated heterocycles. The van der Waals surface area contributed by atoms with E-state index in [-0.39, 0.29) is 34.7 Å². The predicted octanol–water partition coefficient (Wildman–Crippen LogP) is 6.53. The van der Waals surface area contributed by atoms with Crippen LogP contribution < -0.4 is 20.1 Å². The number of anilines is 2. The van der Waals surface area contributed by atoms with Gasteiger partial charge in [-0.3, -0.25) is 9.35 Å². The Balaban J connectivity index is 1.39. The number of hydrogen-bond acceptors (Lipinski definition) is 11. The molecular weight excluding hydrogens is 793 g/mol. The number of carbonyl (C=O) groups is 1. The second-order valence-electron chi connectivity index (χ2n) is 13.4. The molecule has 17 heteroatoms. The number of nitrogens with zero attached hydrogens (tertiary/aromatic N) is 3. The van der Waals surface area contributed by atoms with E-state index in [1.165, 1.54) is 16.4 Å². The van der Waals surface area contributed by atoms with E-state index in [1.54, 1.807) is 62.6 Å². The van der Waals surface area contributed by atoms with E-state index >= 15 is 0 Å². The molecule has 0 bridgehead atoms. The van der Waals surface area contributed by atoms with E-state index in [1.807, 2.05) is 65.1 Å². The van der Waals surface area contributed by atoms with E-state index in [0.29, 0.717) is 62.2 Å². The lowest BCUT2D eigenvalue weighted by molar-refractivity contribution is -0.432. The molecule has 3 aliphatic rings. The second kappa shape index (κ2) is 16.4. The fraction of sp³-hybridized carbons (Fsp3) is 0.200. The van der Waals surface area contributed by atoms with E-state index in [0.717, 1.165) is 23.4 Å². The molecule has 14 nitrogen and oxygen atoms in total. The third-order valence-electron chi connectivity index (χ3n) is 10.2. The van der Waals surface area contributed by atoms with Gasteiger partial charge in [0.2, 0.25) is 27.0 Å². The number of carbonyl (C=O) groups excluding carboxylic acids is 1. The summed E-state index contributed by atoms with van der Waals surface area (Å²) in [7, 11) is -3.10. The number of rotatable bonds is 11. The Morgan fingerprint density at radius 2 is 1.58 bits per heavy atom. The summed E-state index contributed by atoms with van der Waals surface area (Å²) in [5, 5.41) is 16.2. The molecule has 0 spiro atoms. The first-order chi connectivity index (χ1) is 27.3. The summed E-state index contributed by atoms with van der Waals surface area (Å²) in [6.45, 7) is 0.414. The van der Waals surface area contributed by atoms with Gasteiger partial charge in [0.05, 0.1) is 27.9 Å². The highest BCUT2D eigenvalue weighted by Gasteiger charge is 2.34. The first-order valence-electron chi connectivity index (χ1n) is 17.7. The Labute approximate surface area is 333 Å². The van der Waals surface area contributed by atoms with Crippen molar-refractivity contribution in [3.8, 4) is 22.5 Å². The summed E-state index contributed by atoms with van der Waals surface area (Å²) in [4.78, 5) is 14.9. The van der Waals surface area contributed by atoms with Crippen LogP contribution in [0.5, 0.6) is 0 Å². The first-order valence-corrected chi connectivity index (χ1v) is 21.4. The number of hydrogen-bond donors (Lipinski definition) is 3. The third-order valence-corrected chi connectivity index (χ3v) is 13.6. The first kappa shape index (κ1) is 40.1. The lowest BCUT2D eigenvalue weighted by Crippen LogP contribution is -2.42. The summed E-state index contributed by atoms with van der Waals surface area (Å²) < 4.78 is 76.2. The Bertz CT molecular complexity index is 2710. The smallest absolute Gasteiger partial charge is 0.294 e. The number of fused-ring (bicyclic) bond motifs is 2. The van der Waals surface area contributed by atoms with Crippen LogP contribution in [0.4, 0.5) is 17.1 Å². The lowest BCUT2D eigenvalue weighted by atomic mass is 9.93. The summed E-state index contributed by atoms with van der Waals surface area (Å²) in [6.07, 6.45) is 0.823. The minimum Gasteiger partial charge on any atom is -0.456 e. The molecule has 4 aromatic carbocycles. The minimum absolute atomic E-state index is 0.0951. The molecule has 0 unspecified atom stereocenters. The molecule has 1 fully saturated rings. The van der Waals surface area contributed by atoms with Crippen LogP contribution in [-0.2, 0) is 34.3 Å². The quantitative estimate of drug-likeness (QED) is 0.0322.